The summed E-state index contributed by atoms with van der Waals surface area (Å²) in [6.45, 7) is 1.96. The molecule has 1 aromatic carbocycles. The van der Waals surface area contributed by atoms with Crippen molar-refractivity contribution in [2.45, 2.75) is 13.3 Å². The van der Waals surface area contributed by atoms with Crippen molar-refractivity contribution < 1.29 is 14.7 Å². The summed E-state index contributed by atoms with van der Waals surface area (Å²) in [6.07, 6.45) is 0.412. The minimum Gasteiger partial charge on any atom is -0.481 e. The summed E-state index contributed by atoms with van der Waals surface area (Å²) in [5, 5.41) is 11.4. The SMILES string of the molecule is CC(CCNC(=O)c1ccc(Br)cc1Br)C(=O)O. The van der Waals surface area contributed by atoms with E-state index in [1.54, 1.807) is 25.1 Å². The fraction of sp³-hybridized carbons (Fsp3) is 0.333. The van der Waals surface area contributed by atoms with Crippen molar-refractivity contribution in [3.05, 3.63) is 32.7 Å². The predicted octanol–water partition coefficient (Wildman–Crippen LogP) is 3.05. The van der Waals surface area contributed by atoms with Gasteiger partial charge in [-0.2, -0.15) is 0 Å². The lowest BCUT2D eigenvalue weighted by Gasteiger charge is -2.09. The Morgan fingerprint density at radius 1 is 1.39 bits per heavy atom. The molecule has 6 heteroatoms. The van der Waals surface area contributed by atoms with Crippen molar-refractivity contribution in [1.29, 1.82) is 0 Å². The normalized spacial score (nSPS) is 11.9. The zero-order chi connectivity index (χ0) is 13.7. The summed E-state index contributed by atoms with van der Waals surface area (Å²) in [6, 6.07) is 5.26. The van der Waals surface area contributed by atoms with Gasteiger partial charge in [0.25, 0.3) is 5.91 Å². The molecular weight excluding hydrogens is 366 g/mol. The fourth-order valence-corrected chi connectivity index (χ4v) is 2.52. The molecular formula is C12H13Br2NO3. The summed E-state index contributed by atoms with van der Waals surface area (Å²) in [4.78, 5) is 22.4. The highest BCUT2D eigenvalue weighted by atomic mass is 79.9. The Morgan fingerprint density at radius 3 is 2.61 bits per heavy atom. The quantitative estimate of drug-likeness (QED) is 0.827. The number of carboxylic acids is 1. The molecule has 0 saturated heterocycles. The molecule has 0 heterocycles. The fourth-order valence-electron chi connectivity index (χ4n) is 1.29. The number of nitrogens with one attached hydrogen (secondary N) is 1. The lowest BCUT2D eigenvalue weighted by atomic mass is 10.1. The van der Waals surface area contributed by atoms with Crippen LogP contribution in [0.2, 0.25) is 0 Å². The Hall–Kier alpha value is -0.880. The Kier molecular flexibility index (Phi) is 5.81. The highest BCUT2D eigenvalue weighted by Gasteiger charge is 2.13. The average molecular weight is 379 g/mol. The van der Waals surface area contributed by atoms with Gasteiger partial charge in [0.05, 0.1) is 11.5 Å². The topological polar surface area (TPSA) is 66.4 Å². The number of hydrogen-bond acceptors (Lipinski definition) is 2. The van der Waals surface area contributed by atoms with Crippen LogP contribution in [0.1, 0.15) is 23.7 Å². The van der Waals surface area contributed by atoms with Crippen LogP contribution in [-0.2, 0) is 4.79 Å². The molecule has 0 aliphatic rings. The molecule has 0 aliphatic heterocycles. The lowest BCUT2D eigenvalue weighted by Crippen LogP contribution is -2.27. The van der Waals surface area contributed by atoms with Gasteiger partial charge in [-0.15, -0.1) is 0 Å². The molecule has 0 fully saturated rings. The van der Waals surface area contributed by atoms with E-state index in [4.69, 9.17) is 5.11 Å². The molecule has 0 aromatic heterocycles. The van der Waals surface area contributed by atoms with Crippen LogP contribution >= 0.6 is 31.9 Å². The first-order chi connectivity index (χ1) is 8.41. The maximum atomic E-state index is 11.8. The van der Waals surface area contributed by atoms with Gasteiger partial charge in [0.15, 0.2) is 0 Å². The van der Waals surface area contributed by atoms with Gasteiger partial charge in [0.1, 0.15) is 0 Å². The maximum absolute atomic E-state index is 11.8. The second kappa shape index (κ2) is 6.89. The first-order valence-corrected chi connectivity index (χ1v) is 6.96. The highest BCUT2D eigenvalue weighted by Crippen LogP contribution is 2.21. The third kappa shape index (κ3) is 4.42. The van der Waals surface area contributed by atoms with Crippen LogP contribution in [0.3, 0.4) is 0 Å². The first kappa shape index (κ1) is 15.2. The van der Waals surface area contributed by atoms with E-state index >= 15 is 0 Å². The van der Waals surface area contributed by atoms with Crippen molar-refractivity contribution in [3.63, 3.8) is 0 Å². The van der Waals surface area contributed by atoms with E-state index in [9.17, 15) is 9.59 Å². The molecule has 18 heavy (non-hydrogen) atoms. The van der Waals surface area contributed by atoms with Crippen molar-refractivity contribution in [2.75, 3.05) is 6.54 Å². The van der Waals surface area contributed by atoms with Crippen LogP contribution < -0.4 is 5.32 Å². The molecule has 1 rings (SSSR count). The van der Waals surface area contributed by atoms with E-state index in [1.807, 2.05) is 0 Å². The molecule has 98 valence electrons. The average Bonchev–Trinajstić information content (AvgIpc) is 2.28. The smallest absolute Gasteiger partial charge is 0.306 e. The zero-order valence-electron chi connectivity index (χ0n) is 9.74. The van der Waals surface area contributed by atoms with E-state index < -0.39 is 11.9 Å². The highest BCUT2D eigenvalue weighted by molar-refractivity contribution is 9.11. The molecule has 0 spiro atoms. The van der Waals surface area contributed by atoms with Crippen molar-refractivity contribution in [3.8, 4) is 0 Å². The van der Waals surface area contributed by atoms with Gasteiger partial charge in [-0.3, -0.25) is 9.59 Å². The molecule has 1 amide bonds. The molecule has 1 aromatic rings. The predicted molar refractivity (Wildman–Crippen MR) is 75.6 cm³/mol. The van der Waals surface area contributed by atoms with Crippen molar-refractivity contribution in [1.82, 2.24) is 5.32 Å². The number of carbonyl (C=O) groups is 2. The van der Waals surface area contributed by atoms with Crippen LogP contribution in [0.15, 0.2) is 27.1 Å². The summed E-state index contributed by atoms with van der Waals surface area (Å²) >= 11 is 6.61. The van der Waals surface area contributed by atoms with E-state index in [1.165, 1.54) is 0 Å². The minimum atomic E-state index is -0.853. The molecule has 0 saturated carbocycles. The Bertz CT molecular complexity index is 463. The summed E-state index contributed by atoms with van der Waals surface area (Å²) < 4.78 is 1.58. The van der Waals surface area contributed by atoms with Gasteiger partial charge in [-0.05, 0) is 40.5 Å². The third-order valence-corrected chi connectivity index (χ3v) is 3.61. The van der Waals surface area contributed by atoms with E-state index in [0.717, 1.165) is 4.47 Å². The van der Waals surface area contributed by atoms with Crippen LogP contribution in [0.5, 0.6) is 0 Å². The van der Waals surface area contributed by atoms with Crippen molar-refractivity contribution in [2.24, 2.45) is 5.92 Å². The van der Waals surface area contributed by atoms with E-state index in [-0.39, 0.29) is 5.91 Å². The molecule has 0 bridgehead atoms. The number of aliphatic carboxylic acids is 1. The molecule has 4 nitrogen and oxygen atoms in total. The van der Waals surface area contributed by atoms with Gasteiger partial charge < -0.3 is 10.4 Å². The van der Waals surface area contributed by atoms with Crippen LogP contribution in [0.4, 0.5) is 0 Å². The number of rotatable bonds is 5. The van der Waals surface area contributed by atoms with Gasteiger partial charge in [-0.1, -0.05) is 22.9 Å². The molecule has 1 atom stereocenters. The number of carbonyl (C=O) groups excluding carboxylic acids is 1. The number of carboxylic acid groups (broad SMARTS) is 1. The molecule has 0 aliphatic carbocycles. The first-order valence-electron chi connectivity index (χ1n) is 5.38. The number of benzene rings is 1. The largest absolute Gasteiger partial charge is 0.481 e. The van der Waals surface area contributed by atoms with Gasteiger partial charge in [0, 0.05) is 15.5 Å². The summed E-state index contributed by atoms with van der Waals surface area (Å²) in [7, 11) is 0. The van der Waals surface area contributed by atoms with Crippen LogP contribution in [-0.4, -0.2) is 23.5 Å². The Morgan fingerprint density at radius 2 is 2.06 bits per heavy atom. The number of amides is 1. The van der Waals surface area contributed by atoms with Crippen LogP contribution in [0.25, 0.3) is 0 Å². The van der Waals surface area contributed by atoms with Crippen molar-refractivity contribution >= 4 is 43.7 Å². The minimum absolute atomic E-state index is 0.216. The monoisotopic (exact) mass is 377 g/mol. The lowest BCUT2D eigenvalue weighted by molar-refractivity contribution is -0.141. The van der Waals surface area contributed by atoms with Gasteiger partial charge in [-0.25, -0.2) is 0 Å². The second-order valence-corrected chi connectivity index (χ2v) is 5.68. The maximum Gasteiger partial charge on any atom is 0.306 e. The molecule has 0 radical (unpaired) electrons. The van der Waals surface area contributed by atoms with Gasteiger partial charge >= 0.3 is 5.97 Å². The Labute approximate surface area is 122 Å². The van der Waals surface area contributed by atoms with Gasteiger partial charge in [0.2, 0.25) is 0 Å². The summed E-state index contributed by atoms with van der Waals surface area (Å²) in [5.41, 5.74) is 0.529. The number of halogens is 2. The standard InChI is InChI=1S/C12H13Br2NO3/c1-7(12(17)18)4-5-15-11(16)9-3-2-8(13)6-10(9)14/h2-3,6-7H,4-5H2,1H3,(H,15,16)(H,17,18). The molecule has 2 N–H and O–H groups in total. The number of hydrogen-bond donors (Lipinski definition) is 2. The summed E-state index contributed by atoms with van der Waals surface area (Å²) in [5.74, 6) is -1.53. The zero-order valence-corrected chi connectivity index (χ0v) is 12.9. The van der Waals surface area contributed by atoms with Crippen LogP contribution in [0, 0.1) is 5.92 Å². The van der Waals surface area contributed by atoms with E-state index in [0.29, 0.717) is 23.0 Å². The van der Waals surface area contributed by atoms with E-state index in [2.05, 4.69) is 37.2 Å². The third-order valence-electron chi connectivity index (χ3n) is 2.46. The Balaban J connectivity index is 2.53. The second-order valence-electron chi connectivity index (χ2n) is 3.91. The molecule has 1 unspecified atom stereocenters.